The molecule has 0 aliphatic rings. The Kier molecular flexibility index (Phi) is 4.67. The normalized spacial score (nSPS) is 8.53. The van der Waals surface area contributed by atoms with E-state index in [4.69, 9.17) is 4.79 Å². The van der Waals surface area contributed by atoms with E-state index in [1.54, 1.807) is 0 Å². The molecule has 2 aromatic rings. The van der Waals surface area contributed by atoms with Gasteiger partial charge in [0.2, 0.25) is 0 Å². The van der Waals surface area contributed by atoms with Gasteiger partial charge in [-0.25, -0.2) is 0 Å². The molecule has 0 aliphatic heterocycles. The third-order valence-corrected chi connectivity index (χ3v) is 1.81. The predicted molar refractivity (Wildman–Crippen MR) is 61.3 cm³/mol. The molecule has 0 aromatic heterocycles. The fraction of sp³-hybridized carbons (Fsp3) is 0. The van der Waals surface area contributed by atoms with Crippen molar-refractivity contribution in [3.05, 3.63) is 61.4 Å². The quantitative estimate of drug-likeness (QED) is 0.550. The molecule has 0 unspecified atom stereocenters. The van der Waals surface area contributed by atoms with E-state index in [2.05, 4.69) is 59.8 Å². The van der Waals surface area contributed by atoms with Gasteiger partial charge in [-0.15, -0.1) is 0 Å². The molecular formula is C13H12O2. The summed E-state index contributed by atoms with van der Waals surface area (Å²) in [5.74, 6) is 0. The zero-order valence-corrected chi connectivity index (χ0v) is 8.30. The summed E-state index contributed by atoms with van der Waals surface area (Å²) < 4.78 is 3.92. The molecule has 0 spiro atoms. The molecule has 2 rings (SSSR count). The Morgan fingerprint density at radius 1 is 0.933 bits per heavy atom. The van der Waals surface area contributed by atoms with E-state index >= 15 is 0 Å². The van der Waals surface area contributed by atoms with Gasteiger partial charge in [0.25, 0.3) is 6.47 Å². The van der Waals surface area contributed by atoms with Crippen LogP contribution >= 0.6 is 0 Å². The highest BCUT2D eigenvalue weighted by molar-refractivity contribution is 5.81. The fourth-order valence-corrected chi connectivity index (χ4v) is 1.17. The number of carbonyl (C=O) groups excluding carboxylic acids is 1. The summed E-state index contributed by atoms with van der Waals surface area (Å²) in [7, 11) is 0. The number of fused-ring (bicyclic) bond motifs is 1. The van der Waals surface area contributed by atoms with Crippen molar-refractivity contribution in [1.82, 2.24) is 0 Å². The molecular weight excluding hydrogens is 188 g/mol. The van der Waals surface area contributed by atoms with Gasteiger partial charge >= 0.3 is 0 Å². The highest BCUT2D eigenvalue weighted by atomic mass is 16.5. The molecule has 0 atom stereocenters. The first-order valence-electron chi connectivity index (χ1n) is 4.52. The lowest BCUT2D eigenvalue weighted by Crippen LogP contribution is -1.67. The van der Waals surface area contributed by atoms with Crippen molar-refractivity contribution < 1.29 is 9.53 Å². The van der Waals surface area contributed by atoms with Crippen LogP contribution in [0.3, 0.4) is 0 Å². The van der Waals surface area contributed by atoms with Crippen LogP contribution in [-0.2, 0) is 9.53 Å². The first kappa shape index (κ1) is 11.0. The van der Waals surface area contributed by atoms with Gasteiger partial charge in [0.1, 0.15) is 0 Å². The summed E-state index contributed by atoms with van der Waals surface area (Å²) in [4.78, 5) is 9.11. The van der Waals surface area contributed by atoms with Gasteiger partial charge < -0.3 is 4.74 Å². The lowest BCUT2D eigenvalue weighted by Gasteiger charge is -1.92. The van der Waals surface area contributed by atoms with Crippen LogP contribution in [0, 0.1) is 0 Å². The molecule has 15 heavy (non-hydrogen) atoms. The van der Waals surface area contributed by atoms with E-state index in [-0.39, 0.29) is 0 Å². The summed E-state index contributed by atoms with van der Waals surface area (Å²) in [5, 5.41) is 2.62. The second-order valence-corrected chi connectivity index (χ2v) is 2.75. The molecule has 76 valence electrons. The Balaban J connectivity index is 0.000000195. The number of carbonyl (C=O) groups is 1. The third kappa shape index (κ3) is 3.65. The number of benzene rings is 2. The standard InChI is InChI=1S/C10H8.C3H4O2/c1-2-6-10-8-4-3-7-9(10)5-1;1-2-5-3-4/h1-8H;2-3H,1H2. The topological polar surface area (TPSA) is 26.3 Å². The molecule has 0 amide bonds. The molecule has 0 saturated carbocycles. The summed E-state index contributed by atoms with van der Waals surface area (Å²) in [6.45, 7) is 3.41. The lowest BCUT2D eigenvalue weighted by molar-refractivity contribution is -0.123. The number of rotatable bonds is 2. The van der Waals surface area contributed by atoms with E-state index < -0.39 is 0 Å². The third-order valence-electron chi connectivity index (χ3n) is 1.81. The monoisotopic (exact) mass is 200 g/mol. The average Bonchev–Trinajstić information content (AvgIpc) is 2.31. The van der Waals surface area contributed by atoms with Crippen molar-refractivity contribution in [2.75, 3.05) is 0 Å². The maximum absolute atomic E-state index is 9.11. The van der Waals surface area contributed by atoms with Gasteiger partial charge in [0, 0.05) is 0 Å². The second-order valence-electron chi connectivity index (χ2n) is 2.75. The van der Waals surface area contributed by atoms with E-state index in [0.717, 1.165) is 6.26 Å². The van der Waals surface area contributed by atoms with E-state index in [9.17, 15) is 0 Å². The Morgan fingerprint density at radius 3 is 1.53 bits per heavy atom. The van der Waals surface area contributed by atoms with Crippen LogP contribution in [0.1, 0.15) is 0 Å². The molecule has 0 saturated heterocycles. The molecule has 0 N–H and O–H groups in total. The molecule has 2 heteroatoms. The van der Waals surface area contributed by atoms with E-state index in [1.807, 2.05) is 0 Å². The van der Waals surface area contributed by atoms with Gasteiger partial charge in [-0.1, -0.05) is 55.1 Å². The van der Waals surface area contributed by atoms with E-state index in [0.29, 0.717) is 6.47 Å². The molecule has 0 heterocycles. The fourth-order valence-electron chi connectivity index (χ4n) is 1.17. The first-order chi connectivity index (χ1) is 7.38. The Hall–Kier alpha value is -2.09. The Bertz CT molecular complexity index is 364. The number of hydrogen-bond donors (Lipinski definition) is 0. The van der Waals surface area contributed by atoms with Gasteiger partial charge in [-0.05, 0) is 10.8 Å². The van der Waals surface area contributed by atoms with Gasteiger partial charge in [-0.3, -0.25) is 4.79 Å². The van der Waals surface area contributed by atoms with Crippen LogP contribution in [0.2, 0.25) is 0 Å². The molecule has 0 bridgehead atoms. The highest BCUT2D eigenvalue weighted by Gasteiger charge is 1.85. The second kappa shape index (κ2) is 6.38. The molecule has 2 aromatic carbocycles. The molecule has 2 nitrogen and oxygen atoms in total. The van der Waals surface area contributed by atoms with Crippen LogP contribution in [0.4, 0.5) is 0 Å². The summed E-state index contributed by atoms with van der Waals surface area (Å²) in [6, 6.07) is 16.7. The zero-order chi connectivity index (χ0) is 10.9. The maximum Gasteiger partial charge on any atom is 0.297 e. The Labute approximate surface area is 88.8 Å². The predicted octanol–water partition coefficient (Wildman–Crippen LogP) is 3.14. The maximum atomic E-state index is 9.11. The summed E-state index contributed by atoms with van der Waals surface area (Å²) in [5.41, 5.74) is 0. The minimum atomic E-state index is 0.312. The van der Waals surface area contributed by atoms with Crippen molar-refractivity contribution in [3.63, 3.8) is 0 Å². The first-order valence-corrected chi connectivity index (χ1v) is 4.52. The zero-order valence-electron chi connectivity index (χ0n) is 8.30. The van der Waals surface area contributed by atoms with Crippen LogP contribution in [0.15, 0.2) is 61.4 Å². The summed E-state index contributed by atoms with van der Waals surface area (Å²) in [6.07, 6.45) is 1.06. The van der Waals surface area contributed by atoms with Gasteiger partial charge in [0.05, 0.1) is 6.26 Å². The van der Waals surface area contributed by atoms with Crippen molar-refractivity contribution in [2.24, 2.45) is 0 Å². The highest BCUT2D eigenvalue weighted by Crippen LogP contribution is 2.11. The van der Waals surface area contributed by atoms with Gasteiger partial charge in [-0.2, -0.15) is 0 Å². The minimum Gasteiger partial charge on any atom is -0.437 e. The lowest BCUT2D eigenvalue weighted by atomic mass is 10.1. The van der Waals surface area contributed by atoms with Crippen LogP contribution in [-0.4, -0.2) is 6.47 Å². The van der Waals surface area contributed by atoms with Crippen molar-refractivity contribution in [3.8, 4) is 0 Å². The van der Waals surface area contributed by atoms with Crippen molar-refractivity contribution in [2.45, 2.75) is 0 Å². The molecule has 0 fully saturated rings. The molecule has 0 radical (unpaired) electrons. The van der Waals surface area contributed by atoms with Crippen LogP contribution < -0.4 is 0 Å². The molecule has 0 aliphatic carbocycles. The van der Waals surface area contributed by atoms with Gasteiger partial charge in [0.15, 0.2) is 0 Å². The van der Waals surface area contributed by atoms with Crippen molar-refractivity contribution >= 4 is 17.2 Å². The Morgan fingerprint density at radius 2 is 1.33 bits per heavy atom. The number of hydrogen-bond acceptors (Lipinski definition) is 2. The SMILES string of the molecule is C=COC=O.c1ccc2ccccc2c1. The minimum absolute atomic E-state index is 0.312. The largest absolute Gasteiger partial charge is 0.437 e. The van der Waals surface area contributed by atoms with E-state index in [1.165, 1.54) is 10.8 Å². The van der Waals surface area contributed by atoms with Crippen LogP contribution in [0.25, 0.3) is 10.8 Å². The number of ether oxygens (including phenoxy) is 1. The smallest absolute Gasteiger partial charge is 0.297 e. The summed E-state index contributed by atoms with van der Waals surface area (Å²) >= 11 is 0. The average molecular weight is 200 g/mol. The van der Waals surface area contributed by atoms with Crippen LogP contribution in [0.5, 0.6) is 0 Å². The van der Waals surface area contributed by atoms with Crippen molar-refractivity contribution in [1.29, 1.82) is 0 Å².